The number of nitrogens with zero attached hydrogens (tertiary/aromatic N) is 2. The van der Waals surface area contributed by atoms with Gasteiger partial charge < -0.3 is 20.3 Å². The van der Waals surface area contributed by atoms with Gasteiger partial charge in [0.05, 0.1) is 19.3 Å². The summed E-state index contributed by atoms with van der Waals surface area (Å²) >= 11 is 5.38. The first-order chi connectivity index (χ1) is 11.7. The predicted octanol–water partition coefficient (Wildman–Crippen LogP) is 2.97. The summed E-state index contributed by atoms with van der Waals surface area (Å²) < 4.78 is 5.40. The summed E-state index contributed by atoms with van der Waals surface area (Å²) in [7, 11) is 0. The van der Waals surface area contributed by atoms with Crippen molar-refractivity contribution in [1.82, 2.24) is 10.3 Å². The van der Waals surface area contributed by atoms with Crippen molar-refractivity contribution < 1.29 is 4.74 Å². The molecule has 0 radical (unpaired) electrons. The summed E-state index contributed by atoms with van der Waals surface area (Å²) in [4.78, 5) is 6.34. The van der Waals surface area contributed by atoms with E-state index in [0.717, 1.165) is 32.0 Å². The van der Waals surface area contributed by atoms with Crippen LogP contribution in [0.25, 0.3) is 0 Å². The number of hydrogen-bond acceptors (Lipinski definition) is 4. The second kappa shape index (κ2) is 8.08. The van der Waals surface area contributed by atoms with Gasteiger partial charge in [0.2, 0.25) is 0 Å². The number of nitrogens with one attached hydrogen (secondary N) is 2. The number of aromatic nitrogens is 1. The molecule has 126 valence electrons. The van der Waals surface area contributed by atoms with E-state index in [0.29, 0.717) is 5.11 Å². The van der Waals surface area contributed by atoms with Crippen LogP contribution in [-0.2, 0) is 4.74 Å². The Morgan fingerprint density at radius 1 is 1.12 bits per heavy atom. The maximum atomic E-state index is 5.40. The fourth-order valence-electron chi connectivity index (χ4n) is 2.68. The van der Waals surface area contributed by atoms with Crippen molar-refractivity contribution in [2.24, 2.45) is 0 Å². The lowest BCUT2D eigenvalue weighted by Gasteiger charge is -2.29. The first kappa shape index (κ1) is 16.7. The van der Waals surface area contributed by atoms with E-state index in [1.54, 1.807) is 12.4 Å². The van der Waals surface area contributed by atoms with Crippen LogP contribution in [0.2, 0.25) is 0 Å². The van der Waals surface area contributed by atoms with Gasteiger partial charge in [0.25, 0.3) is 0 Å². The lowest BCUT2D eigenvalue weighted by atomic mass is 10.1. The lowest BCUT2D eigenvalue weighted by Crippen LogP contribution is -2.36. The Morgan fingerprint density at radius 3 is 2.46 bits per heavy atom. The van der Waals surface area contributed by atoms with Crippen LogP contribution in [0.1, 0.15) is 18.5 Å². The Morgan fingerprint density at radius 2 is 1.79 bits per heavy atom. The molecule has 2 N–H and O–H groups in total. The highest BCUT2D eigenvalue weighted by molar-refractivity contribution is 7.80. The highest BCUT2D eigenvalue weighted by Crippen LogP contribution is 2.20. The molecule has 1 aliphatic rings. The first-order valence-electron chi connectivity index (χ1n) is 8.12. The fraction of sp³-hybridized carbons (Fsp3) is 0.333. The Kier molecular flexibility index (Phi) is 5.61. The third-order valence-electron chi connectivity index (χ3n) is 4.06. The molecule has 0 aliphatic carbocycles. The summed E-state index contributed by atoms with van der Waals surface area (Å²) in [6, 6.07) is 12.5. The maximum Gasteiger partial charge on any atom is 0.171 e. The lowest BCUT2D eigenvalue weighted by molar-refractivity contribution is 0.122. The van der Waals surface area contributed by atoms with Crippen LogP contribution in [-0.4, -0.2) is 36.4 Å². The molecule has 1 aromatic carbocycles. The van der Waals surface area contributed by atoms with Crippen LogP contribution in [0.15, 0.2) is 48.8 Å². The quantitative estimate of drug-likeness (QED) is 0.833. The van der Waals surface area contributed by atoms with Gasteiger partial charge in [-0.05, 0) is 49.0 Å². The molecule has 1 fully saturated rings. The molecule has 6 heteroatoms. The smallest absolute Gasteiger partial charge is 0.171 e. The normalized spacial score (nSPS) is 15.6. The number of anilines is 2. The van der Waals surface area contributed by atoms with E-state index in [9.17, 15) is 0 Å². The van der Waals surface area contributed by atoms with E-state index in [-0.39, 0.29) is 6.04 Å². The highest BCUT2D eigenvalue weighted by atomic mass is 32.1. The van der Waals surface area contributed by atoms with E-state index in [4.69, 9.17) is 17.0 Å². The van der Waals surface area contributed by atoms with Crippen molar-refractivity contribution in [1.29, 1.82) is 0 Å². The van der Waals surface area contributed by atoms with E-state index >= 15 is 0 Å². The van der Waals surface area contributed by atoms with Gasteiger partial charge in [-0.1, -0.05) is 12.1 Å². The number of ether oxygens (including phenoxy) is 1. The van der Waals surface area contributed by atoms with Crippen molar-refractivity contribution in [3.8, 4) is 0 Å². The number of rotatable bonds is 4. The Hall–Kier alpha value is -2.18. The number of hydrogen-bond donors (Lipinski definition) is 2. The van der Waals surface area contributed by atoms with Crippen molar-refractivity contribution >= 4 is 28.7 Å². The zero-order chi connectivity index (χ0) is 16.8. The third kappa shape index (κ3) is 4.43. The zero-order valence-corrected chi connectivity index (χ0v) is 14.6. The molecular formula is C18H22N4OS. The highest BCUT2D eigenvalue weighted by Gasteiger charge is 2.12. The van der Waals surface area contributed by atoms with Gasteiger partial charge in [-0.25, -0.2) is 0 Å². The molecule has 2 aromatic rings. The Balaban J connectivity index is 1.56. The zero-order valence-electron chi connectivity index (χ0n) is 13.7. The monoisotopic (exact) mass is 342 g/mol. The molecule has 1 saturated heterocycles. The van der Waals surface area contributed by atoms with Crippen LogP contribution in [0.5, 0.6) is 0 Å². The number of morpholine rings is 1. The number of benzene rings is 1. The fourth-order valence-corrected chi connectivity index (χ4v) is 2.97. The van der Waals surface area contributed by atoms with Gasteiger partial charge in [0, 0.05) is 36.9 Å². The molecule has 0 amide bonds. The summed E-state index contributed by atoms with van der Waals surface area (Å²) in [6.45, 7) is 5.60. The molecule has 0 unspecified atom stereocenters. The van der Waals surface area contributed by atoms with E-state index in [1.807, 2.05) is 12.1 Å². The van der Waals surface area contributed by atoms with Gasteiger partial charge in [0.15, 0.2) is 5.11 Å². The van der Waals surface area contributed by atoms with E-state index in [1.165, 1.54) is 11.3 Å². The standard InChI is InChI=1S/C18H22N4OS/c1-14(20-18(24)21-16-6-8-19-9-7-16)15-2-4-17(5-3-15)22-10-12-23-13-11-22/h2-9,14H,10-13H2,1H3,(H2,19,20,21,24)/t14-/m0/s1. The molecule has 24 heavy (non-hydrogen) atoms. The molecular weight excluding hydrogens is 320 g/mol. The minimum absolute atomic E-state index is 0.130. The van der Waals surface area contributed by atoms with E-state index < -0.39 is 0 Å². The van der Waals surface area contributed by atoms with Crippen molar-refractivity contribution in [2.75, 3.05) is 36.5 Å². The minimum Gasteiger partial charge on any atom is -0.378 e. The average molecular weight is 342 g/mol. The van der Waals surface area contributed by atoms with E-state index in [2.05, 4.69) is 51.7 Å². The SMILES string of the molecule is C[C@H](NC(=S)Nc1ccncc1)c1ccc(N2CCOCC2)cc1. The van der Waals surface area contributed by atoms with Gasteiger partial charge in [-0.2, -0.15) is 0 Å². The predicted molar refractivity (Wildman–Crippen MR) is 101 cm³/mol. The Bertz CT molecular complexity index is 656. The summed E-state index contributed by atoms with van der Waals surface area (Å²) in [5.41, 5.74) is 3.37. The topological polar surface area (TPSA) is 49.4 Å². The largest absolute Gasteiger partial charge is 0.378 e. The van der Waals surface area contributed by atoms with Crippen LogP contribution in [0.3, 0.4) is 0 Å². The van der Waals surface area contributed by atoms with Crippen molar-refractivity contribution in [2.45, 2.75) is 13.0 Å². The molecule has 1 aromatic heterocycles. The molecule has 0 spiro atoms. The van der Waals surface area contributed by atoms with Gasteiger partial charge in [-0.3, -0.25) is 4.98 Å². The summed E-state index contributed by atoms with van der Waals surface area (Å²) in [6.07, 6.45) is 3.47. The second-order valence-corrected chi connectivity index (χ2v) is 6.16. The summed E-state index contributed by atoms with van der Waals surface area (Å²) in [5, 5.41) is 7.08. The molecule has 1 atom stereocenters. The van der Waals surface area contributed by atoms with Crippen LogP contribution in [0, 0.1) is 0 Å². The minimum atomic E-state index is 0.130. The molecule has 5 nitrogen and oxygen atoms in total. The number of thiocarbonyl (C=S) groups is 1. The molecule has 0 saturated carbocycles. The maximum absolute atomic E-state index is 5.40. The van der Waals surface area contributed by atoms with Gasteiger partial charge in [0.1, 0.15) is 0 Å². The summed E-state index contributed by atoms with van der Waals surface area (Å²) in [5.74, 6) is 0. The van der Waals surface area contributed by atoms with Gasteiger partial charge in [-0.15, -0.1) is 0 Å². The molecule has 0 bridgehead atoms. The van der Waals surface area contributed by atoms with Crippen LogP contribution < -0.4 is 15.5 Å². The van der Waals surface area contributed by atoms with Crippen molar-refractivity contribution in [3.05, 3.63) is 54.4 Å². The van der Waals surface area contributed by atoms with Crippen LogP contribution in [0.4, 0.5) is 11.4 Å². The van der Waals surface area contributed by atoms with Crippen molar-refractivity contribution in [3.63, 3.8) is 0 Å². The molecule has 2 heterocycles. The average Bonchev–Trinajstić information content (AvgIpc) is 2.63. The third-order valence-corrected chi connectivity index (χ3v) is 4.28. The first-order valence-corrected chi connectivity index (χ1v) is 8.53. The second-order valence-electron chi connectivity index (χ2n) is 5.75. The van der Waals surface area contributed by atoms with Gasteiger partial charge >= 0.3 is 0 Å². The molecule has 3 rings (SSSR count). The molecule has 1 aliphatic heterocycles. The Labute approximate surface area is 148 Å². The van der Waals surface area contributed by atoms with Crippen LogP contribution >= 0.6 is 12.2 Å². The number of pyridine rings is 1.